The van der Waals surface area contributed by atoms with Crippen LogP contribution in [-0.4, -0.2) is 77.2 Å². The van der Waals surface area contributed by atoms with Crippen LogP contribution < -0.4 is 14.4 Å². The van der Waals surface area contributed by atoms with Crippen molar-refractivity contribution in [3.63, 3.8) is 0 Å². The fraction of sp³-hybridized carbons (Fsp3) is 0.553. The lowest BCUT2D eigenvalue weighted by Crippen LogP contribution is -2.54. The van der Waals surface area contributed by atoms with Crippen molar-refractivity contribution in [1.29, 1.82) is 0 Å². The number of allylic oxidation sites excluding steroid dienone is 1. The predicted octanol–water partition coefficient (Wildman–Crippen LogP) is 6.36. The average Bonchev–Trinajstić information content (AvgIpc) is 3.09. The third-order valence-corrected chi connectivity index (χ3v) is 13.1. The summed E-state index contributed by atoms with van der Waals surface area (Å²) in [4.78, 5) is 18.0. The molecule has 3 heterocycles. The molecule has 49 heavy (non-hydrogen) atoms. The first-order valence-corrected chi connectivity index (χ1v) is 19.4. The smallest absolute Gasteiger partial charge is 0.264 e. The highest BCUT2D eigenvalue weighted by Gasteiger charge is 2.50. The Bertz CT molecular complexity index is 1690. The van der Waals surface area contributed by atoms with E-state index in [1.54, 1.807) is 25.1 Å². The molecule has 2 bridgehead atoms. The molecule has 4 aliphatic rings. The van der Waals surface area contributed by atoms with Gasteiger partial charge in [0.05, 0.1) is 30.2 Å². The molecule has 1 amide bonds. The van der Waals surface area contributed by atoms with Gasteiger partial charge in [0.15, 0.2) is 6.29 Å². The number of nitrogens with one attached hydrogen (secondary N) is 1. The minimum atomic E-state index is -4.05. The van der Waals surface area contributed by atoms with Crippen molar-refractivity contribution in [2.75, 3.05) is 45.3 Å². The van der Waals surface area contributed by atoms with E-state index < -0.39 is 27.5 Å². The maximum Gasteiger partial charge on any atom is 0.264 e. The first kappa shape index (κ1) is 35.9. The number of sulfonamides is 1. The predicted molar refractivity (Wildman–Crippen MR) is 194 cm³/mol. The Balaban J connectivity index is 1.39. The molecule has 1 unspecified atom stereocenters. The van der Waals surface area contributed by atoms with E-state index in [-0.39, 0.29) is 28.9 Å². The Hall–Kier alpha value is -2.89. The minimum Gasteiger partial charge on any atom is -0.487 e. The number of halogens is 1. The molecule has 2 aromatic rings. The fourth-order valence-electron chi connectivity index (χ4n) is 7.63. The molecule has 3 aliphatic heterocycles. The molecule has 1 aliphatic carbocycles. The Morgan fingerprint density at radius 3 is 2.57 bits per heavy atom. The van der Waals surface area contributed by atoms with Crippen molar-refractivity contribution in [2.24, 2.45) is 17.3 Å². The van der Waals surface area contributed by atoms with Gasteiger partial charge in [0.2, 0.25) is 10.0 Å². The molecule has 266 valence electrons. The highest BCUT2D eigenvalue weighted by Crippen LogP contribution is 2.53. The summed E-state index contributed by atoms with van der Waals surface area (Å²) in [5.41, 5.74) is 3.71. The number of nitrogens with zero attached hydrogens (tertiary/aromatic N) is 2. The highest BCUT2D eigenvalue weighted by atomic mass is 35.5. The standard InChI is InChI=1S/C38H50ClN3O6S/c1-25-9-8-11-32(37-47-22-31(23-48-37)41(4)5)33-16-17-38(33,3)24-42-18-7-6-10-27-19-30(39)14-12-29(27)21-46-35-15-13-28(20-34(35)42)36(43)40-49(44,45)26(25)2/h8,11-15,19-20,26,31-33,37H,1,6-7,9-10,16-18,21-24H2,2-5H3,(H,40,43)/b11-8+/t26-,31?,32+,33+,37?,38?/m1/s1. The van der Waals surface area contributed by atoms with Crippen LogP contribution in [0.5, 0.6) is 5.75 Å². The zero-order valence-electron chi connectivity index (χ0n) is 29.1. The molecule has 0 radical (unpaired) electrons. The summed E-state index contributed by atoms with van der Waals surface area (Å²) < 4.78 is 48.5. The van der Waals surface area contributed by atoms with E-state index in [0.29, 0.717) is 42.6 Å². The van der Waals surface area contributed by atoms with Gasteiger partial charge in [0.1, 0.15) is 12.4 Å². The van der Waals surface area contributed by atoms with Crippen LogP contribution in [0.1, 0.15) is 67.4 Å². The number of fused-ring (bicyclic) bond motifs is 3. The highest BCUT2D eigenvalue weighted by molar-refractivity contribution is 7.90. The van der Waals surface area contributed by atoms with E-state index in [4.69, 9.17) is 25.8 Å². The van der Waals surface area contributed by atoms with Gasteiger partial charge in [-0.3, -0.25) is 4.79 Å². The summed E-state index contributed by atoms with van der Waals surface area (Å²) >= 11 is 6.38. The van der Waals surface area contributed by atoms with Gasteiger partial charge in [-0.15, -0.1) is 0 Å². The Kier molecular flexibility index (Phi) is 10.8. The Morgan fingerprint density at radius 2 is 1.86 bits per heavy atom. The maximum atomic E-state index is 13.5. The average molecular weight is 712 g/mol. The summed E-state index contributed by atoms with van der Waals surface area (Å²) in [5, 5.41) is -0.267. The van der Waals surface area contributed by atoms with Gasteiger partial charge in [-0.2, -0.15) is 0 Å². The van der Waals surface area contributed by atoms with Crippen LogP contribution in [0.2, 0.25) is 5.02 Å². The van der Waals surface area contributed by atoms with Crippen LogP contribution in [0.3, 0.4) is 0 Å². The molecule has 2 aromatic carbocycles. The van der Waals surface area contributed by atoms with Crippen molar-refractivity contribution in [3.05, 3.63) is 82.4 Å². The molecule has 0 spiro atoms. The molecule has 11 heteroatoms. The number of likely N-dealkylation sites (N-methyl/N-ethyl adjacent to an activating group) is 1. The van der Waals surface area contributed by atoms with Crippen molar-refractivity contribution in [3.8, 4) is 5.75 Å². The number of aryl methyl sites for hydroxylation is 1. The Labute approximate surface area is 296 Å². The second kappa shape index (κ2) is 14.8. The van der Waals surface area contributed by atoms with E-state index in [9.17, 15) is 13.2 Å². The third-order valence-electron chi connectivity index (χ3n) is 11.1. The van der Waals surface area contributed by atoms with E-state index >= 15 is 0 Å². The molecular formula is C38H50ClN3O6S. The molecule has 9 nitrogen and oxygen atoms in total. The van der Waals surface area contributed by atoms with Gasteiger partial charge < -0.3 is 24.0 Å². The first-order valence-electron chi connectivity index (χ1n) is 17.4. The summed E-state index contributed by atoms with van der Waals surface area (Å²) in [6, 6.07) is 11.3. The normalized spacial score (nSPS) is 31.6. The van der Waals surface area contributed by atoms with Crippen molar-refractivity contribution < 1.29 is 27.4 Å². The number of hydrogen-bond donors (Lipinski definition) is 1. The van der Waals surface area contributed by atoms with Crippen LogP contribution in [0.4, 0.5) is 5.69 Å². The topological polar surface area (TPSA) is 97.4 Å². The van der Waals surface area contributed by atoms with Crippen LogP contribution in [0.15, 0.2) is 60.7 Å². The number of carbonyl (C=O) groups excluding carboxylic acids is 1. The summed E-state index contributed by atoms with van der Waals surface area (Å²) in [6.07, 6.45) is 8.93. The molecule has 4 atom stereocenters. The minimum absolute atomic E-state index is 0.0283. The Morgan fingerprint density at radius 1 is 1.08 bits per heavy atom. The number of anilines is 1. The van der Waals surface area contributed by atoms with E-state index in [0.717, 1.165) is 56.4 Å². The molecular weight excluding hydrogens is 662 g/mol. The van der Waals surface area contributed by atoms with Gasteiger partial charge in [0.25, 0.3) is 5.91 Å². The number of carbonyl (C=O) groups is 1. The monoisotopic (exact) mass is 711 g/mol. The van der Waals surface area contributed by atoms with Gasteiger partial charge in [0, 0.05) is 29.6 Å². The SMILES string of the molecule is C=C1C/C=C/[C@H](C2OCC(N(C)C)CO2)[C@@H]2CCC2(C)CN2CCCCc3cc(Cl)ccc3COc3ccc(cc32)C(=O)NS(=O)(=O)[C@@H]1C. The van der Waals surface area contributed by atoms with Crippen molar-refractivity contribution >= 4 is 33.2 Å². The lowest BCUT2D eigenvalue weighted by Gasteiger charge is -2.54. The van der Waals surface area contributed by atoms with Crippen molar-refractivity contribution in [2.45, 2.75) is 76.6 Å². The molecule has 1 saturated carbocycles. The zero-order valence-corrected chi connectivity index (χ0v) is 30.7. The molecule has 1 N–H and O–H groups in total. The summed E-state index contributed by atoms with van der Waals surface area (Å²) in [5.74, 6) is 0.205. The number of rotatable bonds is 2. The molecule has 2 fully saturated rings. The fourth-order valence-corrected chi connectivity index (χ4v) is 8.91. The largest absolute Gasteiger partial charge is 0.487 e. The van der Waals surface area contributed by atoms with E-state index in [1.165, 1.54) is 5.56 Å². The number of hydrogen-bond acceptors (Lipinski definition) is 8. The number of amides is 1. The molecule has 1 saturated heterocycles. The summed E-state index contributed by atoms with van der Waals surface area (Å²) in [6.45, 7) is 11.0. The zero-order chi connectivity index (χ0) is 34.9. The van der Waals surface area contributed by atoms with Gasteiger partial charge in [-0.05, 0) is 112 Å². The van der Waals surface area contributed by atoms with Crippen LogP contribution in [0.25, 0.3) is 0 Å². The molecule has 0 aromatic heterocycles. The third kappa shape index (κ3) is 7.89. The molecule has 6 rings (SSSR count). The van der Waals surface area contributed by atoms with Crippen LogP contribution in [0, 0.1) is 17.3 Å². The second-order valence-electron chi connectivity index (χ2n) is 14.7. The van der Waals surface area contributed by atoms with Gasteiger partial charge in [-0.25, -0.2) is 13.1 Å². The van der Waals surface area contributed by atoms with Crippen molar-refractivity contribution in [1.82, 2.24) is 9.62 Å². The number of benzene rings is 2. The lowest BCUT2D eigenvalue weighted by atomic mass is 9.56. The summed E-state index contributed by atoms with van der Waals surface area (Å²) in [7, 11) is 0.0236. The lowest BCUT2D eigenvalue weighted by molar-refractivity contribution is -0.235. The first-order chi connectivity index (χ1) is 23.3. The second-order valence-corrected chi connectivity index (χ2v) is 17.1. The van der Waals surface area contributed by atoms with Gasteiger partial charge in [-0.1, -0.05) is 48.9 Å². The van der Waals surface area contributed by atoms with Gasteiger partial charge >= 0.3 is 0 Å². The maximum absolute atomic E-state index is 13.5. The quantitative estimate of drug-likeness (QED) is 0.360. The van der Waals surface area contributed by atoms with E-state index in [1.807, 2.05) is 38.4 Å². The van der Waals surface area contributed by atoms with E-state index in [2.05, 4.69) is 34.1 Å². The van der Waals surface area contributed by atoms with Crippen LogP contribution in [-0.2, 0) is 32.5 Å². The number of ether oxygens (including phenoxy) is 3. The van der Waals surface area contributed by atoms with Crippen LogP contribution >= 0.6 is 11.6 Å².